The highest BCUT2D eigenvalue weighted by Crippen LogP contribution is 2.37. The minimum Gasteiger partial charge on any atom is -0.205 e. The lowest BCUT2D eigenvalue weighted by molar-refractivity contribution is 0.151. The van der Waals surface area contributed by atoms with Crippen LogP contribution in [0.1, 0.15) is 12.0 Å². The van der Waals surface area contributed by atoms with E-state index >= 15 is 0 Å². The standard InChI is InChI=1S/C7H3Cl3F2/c8-3-1-2-4(9)6(10)5(3)7(11)12/h1-2,7H. The maximum absolute atomic E-state index is 12.2. The molecule has 0 bridgehead atoms. The van der Waals surface area contributed by atoms with Crippen molar-refractivity contribution in [3.8, 4) is 0 Å². The zero-order chi connectivity index (χ0) is 9.30. The van der Waals surface area contributed by atoms with Gasteiger partial charge in [0.1, 0.15) is 0 Å². The van der Waals surface area contributed by atoms with E-state index in [2.05, 4.69) is 0 Å². The Hall–Kier alpha value is -0.0500. The third-order valence-corrected chi connectivity index (χ3v) is 2.45. The molecule has 66 valence electrons. The highest BCUT2D eigenvalue weighted by Gasteiger charge is 2.17. The summed E-state index contributed by atoms with van der Waals surface area (Å²) in [6, 6.07) is 2.66. The van der Waals surface area contributed by atoms with Gasteiger partial charge >= 0.3 is 0 Å². The molecule has 12 heavy (non-hydrogen) atoms. The van der Waals surface area contributed by atoms with E-state index in [0.29, 0.717) is 0 Å². The fourth-order valence-electron chi connectivity index (χ4n) is 0.743. The van der Waals surface area contributed by atoms with Crippen molar-refractivity contribution < 1.29 is 8.78 Å². The Kier molecular flexibility index (Phi) is 3.16. The predicted molar refractivity (Wildman–Crippen MR) is 46.4 cm³/mol. The quantitative estimate of drug-likeness (QED) is 0.620. The summed E-state index contributed by atoms with van der Waals surface area (Å²) in [5, 5.41) is -0.171. The van der Waals surface area contributed by atoms with Crippen LogP contribution in [-0.2, 0) is 0 Å². The molecule has 0 fully saturated rings. The number of rotatable bonds is 1. The molecule has 0 unspecified atom stereocenters. The largest absolute Gasteiger partial charge is 0.266 e. The highest BCUT2D eigenvalue weighted by atomic mass is 35.5. The lowest BCUT2D eigenvalue weighted by Crippen LogP contribution is -1.88. The van der Waals surface area contributed by atoms with E-state index in [1.807, 2.05) is 0 Å². The molecule has 0 aromatic heterocycles. The van der Waals surface area contributed by atoms with Crippen molar-refractivity contribution in [3.63, 3.8) is 0 Å². The van der Waals surface area contributed by atoms with Gasteiger partial charge in [-0.25, -0.2) is 8.78 Å². The molecule has 5 heteroatoms. The number of alkyl halides is 2. The molecular weight excluding hydrogens is 228 g/mol. The van der Waals surface area contributed by atoms with Crippen molar-refractivity contribution in [2.45, 2.75) is 6.43 Å². The summed E-state index contributed by atoms with van der Waals surface area (Å²) in [6.07, 6.45) is -2.70. The maximum atomic E-state index is 12.2. The molecule has 0 saturated heterocycles. The Balaban J connectivity index is 3.33. The molecule has 0 aliphatic heterocycles. The van der Waals surface area contributed by atoms with Gasteiger partial charge in [0, 0.05) is 0 Å². The molecule has 0 N–H and O–H groups in total. The normalized spacial score (nSPS) is 10.8. The molecule has 1 rings (SSSR count). The van der Waals surface area contributed by atoms with Crippen molar-refractivity contribution in [2.75, 3.05) is 0 Å². The van der Waals surface area contributed by atoms with Crippen LogP contribution in [0.2, 0.25) is 15.1 Å². The van der Waals surface area contributed by atoms with Crippen LogP contribution in [0.5, 0.6) is 0 Å². The Morgan fingerprint density at radius 1 is 1.00 bits per heavy atom. The fourth-order valence-corrected chi connectivity index (χ4v) is 1.44. The Morgan fingerprint density at radius 3 is 1.92 bits per heavy atom. The smallest absolute Gasteiger partial charge is 0.205 e. The number of hydrogen-bond acceptors (Lipinski definition) is 0. The number of benzene rings is 1. The van der Waals surface area contributed by atoms with Gasteiger partial charge in [-0.15, -0.1) is 0 Å². The maximum Gasteiger partial charge on any atom is 0.266 e. The first-order valence-electron chi connectivity index (χ1n) is 2.95. The molecule has 0 radical (unpaired) electrons. The van der Waals surface area contributed by atoms with Crippen LogP contribution in [0.3, 0.4) is 0 Å². The molecule has 0 atom stereocenters. The van der Waals surface area contributed by atoms with E-state index in [1.54, 1.807) is 0 Å². The van der Waals surface area contributed by atoms with Crippen molar-refractivity contribution in [1.29, 1.82) is 0 Å². The van der Waals surface area contributed by atoms with Crippen LogP contribution in [0.25, 0.3) is 0 Å². The summed E-state index contributed by atoms with van der Waals surface area (Å²) in [6.45, 7) is 0. The molecule has 0 heterocycles. The van der Waals surface area contributed by atoms with Gasteiger partial charge in [-0.05, 0) is 12.1 Å². The molecular formula is C7H3Cl3F2. The zero-order valence-electron chi connectivity index (χ0n) is 5.62. The van der Waals surface area contributed by atoms with Crippen LogP contribution in [0.15, 0.2) is 12.1 Å². The summed E-state index contributed by atoms with van der Waals surface area (Å²) < 4.78 is 24.5. The van der Waals surface area contributed by atoms with Gasteiger partial charge in [0.25, 0.3) is 6.43 Å². The highest BCUT2D eigenvalue weighted by molar-refractivity contribution is 6.44. The summed E-state index contributed by atoms with van der Waals surface area (Å²) in [5.41, 5.74) is -0.411. The third kappa shape index (κ3) is 1.82. The molecule has 1 aromatic carbocycles. The van der Waals surface area contributed by atoms with E-state index in [-0.39, 0.29) is 15.1 Å². The monoisotopic (exact) mass is 230 g/mol. The molecule has 0 amide bonds. The molecule has 0 spiro atoms. The molecule has 0 aliphatic carbocycles. The zero-order valence-corrected chi connectivity index (χ0v) is 7.89. The van der Waals surface area contributed by atoms with Crippen LogP contribution in [0.4, 0.5) is 8.78 Å². The van der Waals surface area contributed by atoms with Gasteiger partial charge in [0.15, 0.2) is 0 Å². The second-order valence-corrected chi connectivity index (χ2v) is 3.25. The van der Waals surface area contributed by atoms with Crippen molar-refractivity contribution >= 4 is 34.8 Å². The van der Waals surface area contributed by atoms with E-state index in [9.17, 15) is 8.78 Å². The predicted octanol–water partition coefficient (Wildman–Crippen LogP) is 4.58. The Morgan fingerprint density at radius 2 is 1.50 bits per heavy atom. The van der Waals surface area contributed by atoms with Gasteiger partial charge in [-0.2, -0.15) is 0 Å². The fraction of sp³-hybridized carbons (Fsp3) is 0.143. The average molecular weight is 231 g/mol. The van der Waals surface area contributed by atoms with E-state index < -0.39 is 12.0 Å². The molecule has 1 aromatic rings. The van der Waals surface area contributed by atoms with Crippen LogP contribution < -0.4 is 0 Å². The van der Waals surface area contributed by atoms with E-state index in [1.165, 1.54) is 12.1 Å². The molecule has 0 nitrogen and oxygen atoms in total. The van der Waals surface area contributed by atoms with E-state index in [0.717, 1.165) is 0 Å². The van der Waals surface area contributed by atoms with Crippen LogP contribution >= 0.6 is 34.8 Å². The van der Waals surface area contributed by atoms with Crippen LogP contribution in [-0.4, -0.2) is 0 Å². The number of halogens is 5. The topological polar surface area (TPSA) is 0 Å². The molecule has 0 saturated carbocycles. The van der Waals surface area contributed by atoms with Gasteiger partial charge in [-0.1, -0.05) is 34.8 Å². The third-order valence-electron chi connectivity index (χ3n) is 1.30. The first-order chi connectivity index (χ1) is 5.54. The lowest BCUT2D eigenvalue weighted by atomic mass is 10.2. The SMILES string of the molecule is FC(F)c1c(Cl)ccc(Cl)c1Cl. The number of hydrogen-bond donors (Lipinski definition) is 0. The van der Waals surface area contributed by atoms with E-state index in [4.69, 9.17) is 34.8 Å². The summed E-state index contributed by atoms with van der Waals surface area (Å²) in [4.78, 5) is 0. The minimum absolute atomic E-state index is 0.0700. The average Bonchev–Trinajstić information content (AvgIpc) is 1.97. The van der Waals surface area contributed by atoms with Gasteiger partial charge in [-0.3, -0.25) is 0 Å². The Labute approximate surface area is 83.0 Å². The van der Waals surface area contributed by atoms with Gasteiger partial charge < -0.3 is 0 Å². The summed E-state index contributed by atoms with van der Waals surface area (Å²) >= 11 is 16.5. The van der Waals surface area contributed by atoms with Gasteiger partial charge in [0.2, 0.25) is 0 Å². The first kappa shape index (κ1) is 10.0. The molecule has 0 aliphatic rings. The lowest BCUT2D eigenvalue weighted by Gasteiger charge is -2.06. The Bertz CT molecular complexity index is 299. The van der Waals surface area contributed by atoms with Crippen molar-refractivity contribution in [3.05, 3.63) is 32.8 Å². The summed E-state index contributed by atoms with van der Waals surface area (Å²) in [5.74, 6) is 0. The second kappa shape index (κ2) is 3.77. The van der Waals surface area contributed by atoms with Crippen molar-refractivity contribution in [1.82, 2.24) is 0 Å². The van der Waals surface area contributed by atoms with Crippen LogP contribution in [0, 0.1) is 0 Å². The second-order valence-electron chi connectivity index (χ2n) is 2.06. The summed E-state index contributed by atoms with van der Waals surface area (Å²) in [7, 11) is 0. The van der Waals surface area contributed by atoms with Crippen molar-refractivity contribution in [2.24, 2.45) is 0 Å². The first-order valence-corrected chi connectivity index (χ1v) is 4.09. The minimum atomic E-state index is -2.70. The van der Waals surface area contributed by atoms with Gasteiger partial charge in [0.05, 0.1) is 20.6 Å².